The molecule has 5 nitrogen and oxygen atoms in total. The van der Waals surface area contributed by atoms with E-state index < -0.39 is 15.6 Å². The molecule has 20 heavy (non-hydrogen) atoms. The van der Waals surface area contributed by atoms with Gasteiger partial charge in [-0.3, -0.25) is 0 Å². The van der Waals surface area contributed by atoms with Gasteiger partial charge in [0.25, 0.3) is 0 Å². The van der Waals surface area contributed by atoms with Crippen molar-refractivity contribution in [3.63, 3.8) is 0 Å². The van der Waals surface area contributed by atoms with E-state index in [0.717, 1.165) is 5.56 Å². The monoisotopic (exact) mass is 318 g/mol. The molecule has 0 aliphatic carbocycles. The quantitative estimate of drug-likeness (QED) is 0.918. The molecule has 0 unspecified atom stereocenters. The Morgan fingerprint density at radius 3 is 2.70 bits per heavy atom. The van der Waals surface area contributed by atoms with E-state index in [-0.39, 0.29) is 9.92 Å². The van der Waals surface area contributed by atoms with E-state index in [2.05, 4.69) is 0 Å². The van der Waals surface area contributed by atoms with Gasteiger partial charge < -0.3 is 10.5 Å². The van der Waals surface area contributed by atoms with Crippen molar-refractivity contribution in [2.75, 3.05) is 19.8 Å². The van der Waals surface area contributed by atoms with Crippen LogP contribution in [0.2, 0.25) is 5.02 Å². The SMILES string of the molecule is CC1(C)COCCN1S(=O)(=O)c1ccc(CN)cc1Cl. The lowest BCUT2D eigenvalue weighted by Crippen LogP contribution is -2.55. The number of rotatable bonds is 3. The van der Waals surface area contributed by atoms with Gasteiger partial charge in [-0.2, -0.15) is 4.31 Å². The maximum Gasteiger partial charge on any atom is 0.245 e. The summed E-state index contributed by atoms with van der Waals surface area (Å²) in [7, 11) is -3.64. The topological polar surface area (TPSA) is 72.6 Å². The van der Waals surface area contributed by atoms with Crippen molar-refractivity contribution in [3.05, 3.63) is 28.8 Å². The molecule has 112 valence electrons. The fourth-order valence-corrected chi connectivity index (χ4v) is 4.59. The number of benzene rings is 1. The average Bonchev–Trinajstić information content (AvgIpc) is 2.37. The molecule has 0 spiro atoms. The zero-order chi connectivity index (χ0) is 15.0. The molecule has 1 aliphatic rings. The maximum absolute atomic E-state index is 12.8. The first-order chi connectivity index (χ1) is 9.29. The Hall–Kier alpha value is -0.660. The van der Waals surface area contributed by atoms with Crippen LogP contribution in [-0.2, 0) is 21.3 Å². The van der Waals surface area contributed by atoms with Crippen molar-refractivity contribution >= 4 is 21.6 Å². The predicted molar refractivity (Wildman–Crippen MR) is 78.1 cm³/mol. The second-order valence-electron chi connectivity index (χ2n) is 5.41. The minimum absolute atomic E-state index is 0.117. The molecule has 7 heteroatoms. The van der Waals surface area contributed by atoms with Gasteiger partial charge in [-0.1, -0.05) is 17.7 Å². The predicted octanol–water partition coefficient (Wildman–Crippen LogP) is 1.60. The first-order valence-electron chi connectivity index (χ1n) is 6.38. The molecule has 0 bridgehead atoms. The van der Waals surface area contributed by atoms with Crippen LogP contribution in [0, 0.1) is 0 Å². The van der Waals surface area contributed by atoms with Crippen molar-refractivity contribution in [2.45, 2.75) is 30.8 Å². The zero-order valence-electron chi connectivity index (χ0n) is 11.6. The highest BCUT2D eigenvalue weighted by atomic mass is 35.5. The lowest BCUT2D eigenvalue weighted by Gasteiger charge is -2.40. The lowest BCUT2D eigenvalue weighted by molar-refractivity contribution is -0.00770. The molecule has 0 aromatic heterocycles. The highest BCUT2D eigenvalue weighted by Gasteiger charge is 2.40. The van der Waals surface area contributed by atoms with Gasteiger partial charge in [-0.05, 0) is 31.5 Å². The van der Waals surface area contributed by atoms with E-state index in [4.69, 9.17) is 22.1 Å². The van der Waals surface area contributed by atoms with E-state index in [0.29, 0.717) is 26.3 Å². The fourth-order valence-electron chi connectivity index (χ4n) is 2.29. The number of nitrogens with zero attached hydrogens (tertiary/aromatic N) is 1. The Morgan fingerprint density at radius 1 is 1.45 bits per heavy atom. The summed E-state index contributed by atoms with van der Waals surface area (Å²) in [4.78, 5) is 0.117. The van der Waals surface area contributed by atoms with Crippen molar-refractivity contribution in [1.82, 2.24) is 4.31 Å². The van der Waals surface area contributed by atoms with Crippen LogP contribution in [0.25, 0.3) is 0 Å². The van der Waals surface area contributed by atoms with Gasteiger partial charge in [0.15, 0.2) is 0 Å². The zero-order valence-corrected chi connectivity index (χ0v) is 13.2. The number of nitrogens with two attached hydrogens (primary N) is 1. The molecule has 1 aromatic rings. The second-order valence-corrected chi connectivity index (χ2v) is 7.65. The Bertz CT molecular complexity index is 602. The molecule has 0 radical (unpaired) electrons. The number of halogens is 1. The molecule has 0 amide bonds. The molecule has 2 rings (SSSR count). The minimum Gasteiger partial charge on any atom is -0.378 e. The highest BCUT2D eigenvalue weighted by Crippen LogP contribution is 2.31. The molecule has 1 fully saturated rings. The summed E-state index contributed by atoms with van der Waals surface area (Å²) in [5, 5.41) is 0.204. The number of ether oxygens (including phenoxy) is 1. The van der Waals surface area contributed by atoms with Gasteiger partial charge in [-0.25, -0.2) is 8.42 Å². The van der Waals surface area contributed by atoms with Gasteiger partial charge in [0.05, 0.1) is 23.8 Å². The fraction of sp³-hybridized carbons (Fsp3) is 0.538. The standard InChI is InChI=1S/C13H19ClN2O3S/c1-13(2)9-19-6-5-16(13)20(17,18)12-4-3-10(8-15)7-11(12)14/h3-4,7H,5-6,8-9,15H2,1-2H3. The van der Waals surface area contributed by atoms with Crippen LogP contribution in [0.15, 0.2) is 23.1 Å². The van der Waals surface area contributed by atoms with E-state index in [1.165, 1.54) is 10.4 Å². The van der Waals surface area contributed by atoms with Crippen LogP contribution in [0.5, 0.6) is 0 Å². The largest absolute Gasteiger partial charge is 0.378 e. The normalized spacial score (nSPS) is 20.0. The summed E-state index contributed by atoms with van der Waals surface area (Å²) in [6.07, 6.45) is 0. The average molecular weight is 319 g/mol. The molecule has 2 N–H and O–H groups in total. The van der Waals surface area contributed by atoms with Crippen LogP contribution in [0.1, 0.15) is 19.4 Å². The number of hydrogen-bond acceptors (Lipinski definition) is 4. The Morgan fingerprint density at radius 2 is 2.15 bits per heavy atom. The van der Waals surface area contributed by atoms with Crippen LogP contribution in [0.4, 0.5) is 0 Å². The van der Waals surface area contributed by atoms with Gasteiger partial charge in [0, 0.05) is 13.1 Å². The van der Waals surface area contributed by atoms with E-state index in [1.54, 1.807) is 12.1 Å². The summed E-state index contributed by atoms with van der Waals surface area (Å²) >= 11 is 6.11. The molecular formula is C13H19ClN2O3S. The third kappa shape index (κ3) is 2.84. The third-order valence-corrected chi connectivity index (χ3v) is 5.96. The van der Waals surface area contributed by atoms with Crippen LogP contribution in [-0.4, -0.2) is 38.0 Å². The number of sulfonamides is 1. The summed E-state index contributed by atoms with van der Waals surface area (Å²) in [6.45, 7) is 5.08. The van der Waals surface area contributed by atoms with Crippen LogP contribution >= 0.6 is 11.6 Å². The van der Waals surface area contributed by atoms with Crippen molar-refractivity contribution in [2.24, 2.45) is 5.73 Å². The first kappa shape index (κ1) is 15.7. The highest BCUT2D eigenvalue weighted by molar-refractivity contribution is 7.89. The third-order valence-electron chi connectivity index (χ3n) is 3.37. The van der Waals surface area contributed by atoms with Crippen molar-refractivity contribution in [1.29, 1.82) is 0 Å². The minimum atomic E-state index is -3.64. The molecule has 1 aliphatic heterocycles. The summed E-state index contributed by atoms with van der Waals surface area (Å²) in [5.41, 5.74) is 5.74. The van der Waals surface area contributed by atoms with E-state index in [9.17, 15) is 8.42 Å². The van der Waals surface area contributed by atoms with E-state index in [1.807, 2.05) is 13.8 Å². The summed E-state index contributed by atoms with van der Waals surface area (Å²) in [6, 6.07) is 4.81. The lowest BCUT2D eigenvalue weighted by atomic mass is 10.1. The van der Waals surface area contributed by atoms with Crippen LogP contribution < -0.4 is 5.73 Å². The molecule has 0 atom stereocenters. The van der Waals surface area contributed by atoms with Crippen LogP contribution in [0.3, 0.4) is 0 Å². The summed E-state index contributed by atoms with van der Waals surface area (Å²) < 4.78 is 32.4. The molecule has 0 saturated carbocycles. The number of hydrogen-bond donors (Lipinski definition) is 1. The second kappa shape index (κ2) is 5.61. The first-order valence-corrected chi connectivity index (χ1v) is 8.20. The summed E-state index contributed by atoms with van der Waals surface area (Å²) in [5.74, 6) is 0. The van der Waals surface area contributed by atoms with Gasteiger partial charge in [0.2, 0.25) is 10.0 Å². The van der Waals surface area contributed by atoms with Crippen molar-refractivity contribution in [3.8, 4) is 0 Å². The number of morpholine rings is 1. The smallest absolute Gasteiger partial charge is 0.245 e. The molecule has 1 saturated heterocycles. The molecule has 1 aromatic carbocycles. The maximum atomic E-state index is 12.8. The molecular weight excluding hydrogens is 300 g/mol. The van der Waals surface area contributed by atoms with Gasteiger partial charge in [0.1, 0.15) is 4.90 Å². The van der Waals surface area contributed by atoms with Gasteiger partial charge in [-0.15, -0.1) is 0 Å². The van der Waals surface area contributed by atoms with Gasteiger partial charge >= 0.3 is 0 Å². The molecule has 1 heterocycles. The Labute approximate surface area is 124 Å². The Kier molecular flexibility index (Phi) is 4.41. The Balaban J connectivity index is 2.44. The van der Waals surface area contributed by atoms with E-state index >= 15 is 0 Å². The van der Waals surface area contributed by atoms with Crippen molar-refractivity contribution < 1.29 is 13.2 Å².